The lowest BCUT2D eigenvalue weighted by atomic mass is 10.1. The Hall–Kier alpha value is -2.79. The third kappa shape index (κ3) is 3.76. The van der Waals surface area contributed by atoms with Gasteiger partial charge in [-0.1, -0.05) is 19.1 Å². The van der Waals surface area contributed by atoms with Crippen LogP contribution in [0.3, 0.4) is 0 Å². The van der Waals surface area contributed by atoms with Crippen LogP contribution in [0.15, 0.2) is 36.4 Å². The van der Waals surface area contributed by atoms with Crippen LogP contribution in [-0.2, 0) is 13.0 Å². The van der Waals surface area contributed by atoms with Crippen LogP contribution < -0.4 is 15.6 Å². The molecule has 0 bridgehead atoms. The van der Waals surface area contributed by atoms with Gasteiger partial charge in [-0.2, -0.15) is 5.10 Å². The fourth-order valence-corrected chi connectivity index (χ4v) is 3.72. The molecular formula is C23H30N4O. The lowest BCUT2D eigenvalue weighted by molar-refractivity contribution is 0.303. The Kier molecular flexibility index (Phi) is 5.75. The van der Waals surface area contributed by atoms with Crippen molar-refractivity contribution in [2.24, 2.45) is 5.84 Å². The van der Waals surface area contributed by atoms with Crippen molar-refractivity contribution in [1.82, 2.24) is 9.78 Å². The quantitative estimate of drug-likeness (QED) is 0.505. The smallest absolute Gasteiger partial charge is 0.122 e. The second kappa shape index (κ2) is 8.07. The molecule has 3 rings (SSSR count). The van der Waals surface area contributed by atoms with Gasteiger partial charge in [0, 0.05) is 18.3 Å². The first kappa shape index (κ1) is 20.0. The van der Waals surface area contributed by atoms with E-state index in [1.165, 1.54) is 16.8 Å². The molecular weight excluding hydrogens is 348 g/mol. The second-order valence-corrected chi connectivity index (χ2v) is 7.34. The average molecular weight is 379 g/mol. The highest BCUT2D eigenvalue weighted by Crippen LogP contribution is 2.27. The van der Waals surface area contributed by atoms with E-state index < -0.39 is 0 Å². The van der Waals surface area contributed by atoms with E-state index in [0.29, 0.717) is 6.61 Å². The summed E-state index contributed by atoms with van der Waals surface area (Å²) in [5, 5.41) is 6.35. The van der Waals surface area contributed by atoms with Crippen LogP contribution >= 0.6 is 0 Å². The van der Waals surface area contributed by atoms with Gasteiger partial charge in [0.25, 0.3) is 0 Å². The van der Waals surface area contributed by atoms with E-state index in [0.717, 1.165) is 40.4 Å². The molecule has 0 fully saturated rings. The molecule has 28 heavy (non-hydrogen) atoms. The van der Waals surface area contributed by atoms with Crippen molar-refractivity contribution in [2.45, 2.75) is 47.6 Å². The van der Waals surface area contributed by atoms with Gasteiger partial charge < -0.3 is 9.75 Å². The van der Waals surface area contributed by atoms with Crippen LogP contribution in [0.25, 0.3) is 5.69 Å². The molecule has 0 aliphatic carbocycles. The van der Waals surface area contributed by atoms with Crippen molar-refractivity contribution in [3.8, 4) is 11.4 Å². The Bertz CT molecular complexity index is 989. The molecule has 0 aliphatic heterocycles. The van der Waals surface area contributed by atoms with Crippen molar-refractivity contribution < 1.29 is 4.74 Å². The van der Waals surface area contributed by atoms with E-state index in [1.807, 2.05) is 29.9 Å². The van der Waals surface area contributed by atoms with Gasteiger partial charge in [0.05, 0.1) is 17.1 Å². The molecule has 0 aliphatic rings. The number of nitrogens with zero attached hydrogens (tertiary/aromatic N) is 3. The van der Waals surface area contributed by atoms with Crippen molar-refractivity contribution in [3.05, 3.63) is 70.0 Å². The molecule has 0 saturated heterocycles. The number of rotatable bonds is 6. The molecule has 2 N–H and O–H groups in total. The monoisotopic (exact) mass is 378 g/mol. The maximum Gasteiger partial charge on any atom is 0.122 e. The van der Waals surface area contributed by atoms with Gasteiger partial charge in [-0.3, -0.25) is 0 Å². The van der Waals surface area contributed by atoms with E-state index >= 15 is 0 Å². The van der Waals surface area contributed by atoms with Crippen LogP contribution in [0, 0.1) is 27.7 Å². The average Bonchev–Trinajstić information content (AvgIpc) is 2.94. The summed E-state index contributed by atoms with van der Waals surface area (Å²) < 4.78 is 8.18. The number of hydrogen-bond donors (Lipinski definition) is 1. The molecule has 0 amide bonds. The maximum absolute atomic E-state index is 6.15. The minimum Gasteiger partial charge on any atom is -0.489 e. The van der Waals surface area contributed by atoms with Crippen molar-refractivity contribution in [2.75, 3.05) is 12.1 Å². The standard InChI is InChI=1S/C23H30N4O/c1-7-20-17(4)25-27(18(20)5)19-11-12-23(16(3)13-19)28-14-21-15(2)9-8-10-22(21)26(6)24/h8-13H,7,14,24H2,1-6H3. The van der Waals surface area contributed by atoms with Gasteiger partial charge in [0.15, 0.2) is 0 Å². The molecule has 1 aromatic heterocycles. The molecule has 1 heterocycles. The molecule has 0 saturated carbocycles. The summed E-state index contributed by atoms with van der Waals surface area (Å²) in [6, 6.07) is 12.3. The van der Waals surface area contributed by atoms with Crippen LogP contribution in [0.2, 0.25) is 0 Å². The summed E-state index contributed by atoms with van der Waals surface area (Å²) in [7, 11) is 1.84. The fraction of sp³-hybridized carbons (Fsp3) is 0.348. The summed E-state index contributed by atoms with van der Waals surface area (Å²) in [5.41, 5.74) is 8.99. The Labute approximate surface area is 167 Å². The van der Waals surface area contributed by atoms with E-state index in [2.05, 4.69) is 52.8 Å². The Morgan fingerprint density at radius 1 is 1.04 bits per heavy atom. The summed E-state index contributed by atoms with van der Waals surface area (Å²) in [5.74, 6) is 6.84. The number of anilines is 1. The SMILES string of the molecule is CCc1c(C)nn(-c2ccc(OCc3c(C)cccc3N(C)N)c(C)c2)c1C. The molecule has 0 unspecified atom stereocenters. The summed E-state index contributed by atoms with van der Waals surface area (Å²) >= 11 is 0. The van der Waals surface area contributed by atoms with Crippen molar-refractivity contribution in [3.63, 3.8) is 0 Å². The van der Waals surface area contributed by atoms with E-state index in [9.17, 15) is 0 Å². The van der Waals surface area contributed by atoms with Crippen LogP contribution in [0.5, 0.6) is 5.75 Å². The molecule has 0 spiro atoms. The lowest BCUT2D eigenvalue weighted by Gasteiger charge is -2.20. The van der Waals surface area contributed by atoms with E-state index in [-0.39, 0.29) is 0 Å². The fourth-order valence-electron chi connectivity index (χ4n) is 3.72. The first-order valence-electron chi connectivity index (χ1n) is 9.69. The maximum atomic E-state index is 6.15. The van der Waals surface area contributed by atoms with Gasteiger partial charge >= 0.3 is 0 Å². The number of hydrogen-bond acceptors (Lipinski definition) is 4. The van der Waals surface area contributed by atoms with Crippen LogP contribution in [-0.4, -0.2) is 16.8 Å². The Morgan fingerprint density at radius 3 is 2.39 bits per heavy atom. The van der Waals surface area contributed by atoms with Crippen LogP contribution in [0.1, 0.15) is 40.6 Å². The Balaban J connectivity index is 1.85. The van der Waals surface area contributed by atoms with Gasteiger partial charge in [0.2, 0.25) is 0 Å². The number of aryl methyl sites for hydroxylation is 3. The first-order chi connectivity index (χ1) is 13.3. The first-order valence-corrected chi connectivity index (χ1v) is 9.69. The Morgan fingerprint density at radius 2 is 1.79 bits per heavy atom. The zero-order valence-corrected chi connectivity index (χ0v) is 17.7. The normalized spacial score (nSPS) is 11.0. The third-order valence-electron chi connectivity index (χ3n) is 5.34. The predicted molar refractivity (Wildman–Crippen MR) is 115 cm³/mol. The molecule has 3 aromatic rings. The van der Waals surface area contributed by atoms with Gasteiger partial charge in [-0.25, -0.2) is 10.5 Å². The number of hydrazine groups is 1. The highest BCUT2D eigenvalue weighted by atomic mass is 16.5. The molecule has 148 valence electrons. The van der Waals surface area contributed by atoms with Crippen molar-refractivity contribution >= 4 is 5.69 Å². The van der Waals surface area contributed by atoms with Crippen molar-refractivity contribution in [1.29, 1.82) is 0 Å². The number of nitrogens with two attached hydrogens (primary N) is 1. The topological polar surface area (TPSA) is 56.3 Å². The predicted octanol–water partition coefficient (Wildman–Crippen LogP) is 4.56. The van der Waals surface area contributed by atoms with E-state index in [1.54, 1.807) is 5.01 Å². The molecule has 5 heteroatoms. The zero-order valence-electron chi connectivity index (χ0n) is 17.7. The van der Waals surface area contributed by atoms with E-state index in [4.69, 9.17) is 15.7 Å². The second-order valence-electron chi connectivity index (χ2n) is 7.34. The van der Waals surface area contributed by atoms with Gasteiger partial charge in [-0.05, 0) is 75.1 Å². The minimum absolute atomic E-state index is 0.476. The molecule has 0 atom stereocenters. The zero-order chi connectivity index (χ0) is 20.4. The number of ether oxygens (including phenoxy) is 1. The largest absolute Gasteiger partial charge is 0.489 e. The number of benzene rings is 2. The minimum atomic E-state index is 0.476. The third-order valence-corrected chi connectivity index (χ3v) is 5.34. The van der Waals surface area contributed by atoms with Crippen LogP contribution in [0.4, 0.5) is 5.69 Å². The highest BCUT2D eigenvalue weighted by Gasteiger charge is 2.13. The lowest BCUT2D eigenvalue weighted by Crippen LogP contribution is -2.26. The summed E-state index contributed by atoms with van der Waals surface area (Å²) in [6.45, 7) is 11.0. The van der Waals surface area contributed by atoms with Gasteiger partial charge in [-0.15, -0.1) is 0 Å². The summed E-state index contributed by atoms with van der Waals surface area (Å²) in [4.78, 5) is 0. The van der Waals surface area contributed by atoms with Gasteiger partial charge in [0.1, 0.15) is 12.4 Å². The molecule has 5 nitrogen and oxygen atoms in total. The summed E-state index contributed by atoms with van der Waals surface area (Å²) in [6.07, 6.45) is 0.992. The molecule has 0 radical (unpaired) electrons. The molecule has 2 aromatic carbocycles. The number of aromatic nitrogens is 2. The highest BCUT2D eigenvalue weighted by molar-refractivity contribution is 5.55.